The molecule has 2 fully saturated rings. The van der Waals surface area contributed by atoms with Gasteiger partial charge < -0.3 is 9.64 Å². The molecule has 0 saturated carbocycles. The molecule has 2 saturated heterocycles. The maximum Gasteiger partial charge on any atom is 0.294 e. The van der Waals surface area contributed by atoms with Gasteiger partial charge in [0, 0.05) is 30.8 Å². The van der Waals surface area contributed by atoms with Gasteiger partial charge in [0.2, 0.25) is 5.91 Å². The number of nitro groups is 1. The summed E-state index contributed by atoms with van der Waals surface area (Å²) >= 11 is 0.795. The Kier molecular flexibility index (Phi) is 6.91. The van der Waals surface area contributed by atoms with Crippen LogP contribution in [0.4, 0.5) is 10.5 Å². The minimum atomic E-state index is -0.514. The van der Waals surface area contributed by atoms with Crippen LogP contribution in [0, 0.1) is 10.1 Å². The Morgan fingerprint density at radius 1 is 1.05 bits per heavy atom. The maximum atomic E-state index is 13.1. The number of benzene rings is 3. The summed E-state index contributed by atoms with van der Waals surface area (Å²) < 4.78 is 6.05. The van der Waals surface area contributed by atoms with Crippen molar-refractivity contribution < 1.29 is 24.0 Å². The Morgan fingerprint density at radius 2 is 1.84 bits per heavy atom. The van der Waals surface area contributed by atoms with Gasteiger partial charge in [-0.25, -0.2) is 0 Å². The zero-order valence-corrected chi connectivity index (χ0v) is 20.6. The molecule has 37 heavy (non-hydrogen) atoms. The van der Waals surface area contributed by atoms with Crippen molar-refractivity contribution in [2.24, 2.45) is 0 Å². The van der Waals surface area contributed by atoms with Crippen LogP contribution >= 0.6 is 11.8 Å². The van der Waals surface area contributed by atoms with Gasteiger partial charge in [-0.3, -0.25) is 29.4 Å². The Hall–Kier alpha value is -4.18. The number of carbonyl (C=O) groups excluding carboxylic acids is 3. The number of hydrogen-bond donors (Lipinski definition) is 0. The number of nitrogens with zero attached hydrogens (tertiary/aromatic N) is 3. The molecule has 0 unspecified atom stereocenters. The summed E-state index contributed by atoms with van der Waals surface area (Å²) in [7, 11) is 0. The van der Waals surface area contributed by atoms with Crippen molar-refractivity contribution in [2.75, 3.05) is 19.6 Å². The molecule has 3 aromatic rings. The third kappa shape index (κ3) is 5.19. The summed E-state index contributed by atoms with van der Waals surface area (Å²) in [5.41, 5.74) is 1.20. The highest BCUT2D eigenvalue weighted by Crippen LogP contribution is 2.37. The van der Waals surface area contributed by atoms with E-state index in [2.05, 4.69) is 0 Å². The topological polar surface area (TPSA) is 110 Å². The van der Waals surface area contributed by atoms with Crippen molar-refractivity contribution in [3.8, 4) is 5.75 Å². The van der Waals surface area contributed by atoms with Crippen LogP contribution in [0.15, 0.2) is 65.6 Å². The molecule has 2 aliphatic heterocycles. The molecule has 188 valence electrons. The number of nitro benzene ring substituents is 1. The van der Waals surface area contributed by atoms with E-state index in [4.69, 9.17) is 4.74 Å². The molecule has 0 atom stereocenters. The van der Waals surface area contributed by atoms with E-state index in [0.29, 0.717) is 30.0 Å². The molecule has 0 radical (unpaired) electrons. The zero-order valence-electron chi connectivity index (χ0n) is 19.8. The number of rotatable bonds is 7. The molecule has 0 N–H and O–H groups in total. The van der Waals surface area contributed by atoms with E-state index in [0.717, 1.165) is 40.3 Å². The first-order valence-electron chi connectivity index (χ1n) is 11.8. The molecule has 0 spiro atoms. The predicted molar refractivity (Wildman–Crippen MR) is 140 cm³/mol. The van der Waals surface area contributed by atoms with Gasteiger partial charge in [0.15, 0.2) is 0 Å². The number of amides is 3. The molecule has 3 aromatic carbocycles. The predicted octanol–water partition coefficient (Wildman–Crippen LogP) is 4.99. The van der Waals surface area contributed by atoms with E-state index in [-0.39, 0.29) is 29.7 Å². The molecule has 5 rings (SSSR count). The molecule has 3 amide bonds. The average Bonchev–Trinajstić information content (AvgIpc) is 3.53. The molecular formula is C27H23N3O6S. The quantitative estimate of drug-likeness (QED) is 0.247. The molecule has 9 nitrogen and oxygen atoms in total. The smallest absolute Gasteiger partial charge is 0.294 e. The fourth-order valence-electron chi connectivity index (χ4n) is 4.44. The van der Waals surface area contributed by atoms with Crippen LogP contribution in [0.3, 0.4) is 0 Å². The van der Waals surface area contributed by atoms with Crippen LogP contribution in [0.5, 0.6) is 5.75 Å². The van der Waals surface area contributed by atoms with Crippen molar-refractivity contribution in [1.82, 2.24) is 9.80 Å². The summed E-state index contributed by atoms with van der Waals surface area (Å²) in [6.45, 7) is 1.10. The van der Waals surface area contributed by atoms with E-state index in [1.165, 1.54) is 12.1 Å². The number of ether oxygens (including phenoxy) is 1. The van der Waals surface area contributed by atoms with Crippen molar-refractivity contribution in [1.29, 1.82) is 0 Å². The first kappa shape index (κ1) is 24.5. The Labute approximate surface area is 216 Å². The van der Waals surface area contributed by atoms with Gasteiger partial charge in [-0.2, -0.15) is 0 Å². The Balaban J connectivity index is 1.43. The number of imide groups is 1. The number of carbonyl (C=O) groups is 3. The highest BCUT2D eigenvalue weighted by Gasteiger charge is 2.37. The number of thioether (sulfide) groups is 1. The van der Waals surface area contributed by atoms with Crippen LogP contribution in [0.25, 0.3) is 16.8 Å². The highest BCUT2D eigenvalue weighted by atomic mass is 32.2. The Bertz CT molecular complexity index is 1450. The van der Waals surface area contributed by atoms with Crippen LogP contribution in [-0.4, -0.2) is 51.4 Å². The second kappa shape index (κ2) is 10.4. The van der Waals surface area contributed by atoms with Crippen molar-refractivity contribution in [2.45, 2.75) is 19.4 Å². The van der Waals surface area contributed by atoms with E-state index < -0.39 is 16.1 Å². The molecule has 0 aromatic heterocycles. The van der Waals surface area contributed by atoms with Gasteiger partial charge in [-0.1, -0.05) is 42.5 Å². The SMILES string of the molecule is O=C(CN1C(=O)S/C(=C/c2c(OCc3cccc([N+](=O)[O-])c3)ccc3ccccc23)C1=O)N1CCCC1. The molecule has 2 heterocycles. The normalized spacial score (nSPS) is 16.7. The van der Waals surface area contributed by atoms with E-state index in [1.807, 2.05) is 30.3 Å². The monoisotopic (exact) mass is 517 g/mol. The van der Waals surface area contributed by atoms with Crippen LogP contribution in [0.1, 0.15) is 24.0 Å². The third-order valence-corrected chi connectivity index (χ3v) is 7.25. The largest absolute Gasteiger partial charge is 0.488 e. The van der Waals surface area contributed by atoms with Gasteiger partial charge in [0.05, 0.1) is 9.83 Å². The van der Waals surface area contributed by atoms with Crippen molar-refractivity contribution >= 4 is 51.4 Å². The van der Waals surface area contributed by atoms with Gasteiger partial charge in [-0.15, -0.1) is 0 Å². The van der Waals surface area contributed by atoms with Crippen LogP contribution in [0.2, 0.25) is 0 Å². The molecule has 10 heteroatoms. The van der Waals surface area contributed by atoms with Crippen LogP contribution < -0.4 is 4.74 Å². The average molecular weight is 518 g/mol. The lowest BCUT2D eigenvalue weighted by Gasteiger charge is -2.18. The number of hydrogen-bond acceptors (Lipinski definition) is 7. The second-order valence-electron chi connectivity index (χ2n) is 8.77. The summed E-state index contributed by atoms with van der Waals surface area (Å²) in [6, 6.07) is 17.4. The molecule has 0 aliphatic carbocycles. The minimum Gasteiger partial charge on any atom is -0.488 e. The lowest BCUT2D eigenvalue weighted by atomic mass is 10.0. The van der Waals surface area contributed by atoms with Crippen molar-refractivity contribution in [3.05, 3.63) is 86.8 Å². The van der Waals surface area contributed by atoms with Gasteiger partial charge >= 0.3 is 0 Å². The van der Waals surface area contributed by atoms with E-state index >= 15 is 0 Å². The second-order valence-corrected chi connectivity index (χ2v) is 9.76. The van der Waals surface area contributed by atoms with E-state index in [9.17, 15) is 24.5 Å². The van der Waals surface area contributed by atoms with E-state index in [1.54, 1.807) is 29.2 Å². The van der Waals surface area contributed by atoms with Gasteiger partial charge in [0.25, 0.3) is 16.8 Å². The first-order chi connectivity index (χ1) is 17.9. The molecule has 0 bridgehead atoms. The summed E-state index contributed by atoms with van der Waals surface area (Å²) in [6.07, 6.45) is 3.47. The summed E-state index contributed by atoms with van der Waals surface area (Å²) in [4.78, 5) is 51.9. The fourth-order valence-corrected chi connectivity index (χ4v) is 5.26. The van der Waals surface area contributed by atoms with Gasteiger partial charge in [-0.05, 0) is 53.1 Å². The zero-order chi connectivity index (χ0) is 25.9. The molecular weight excluding hydrogens is 494 g/mol. The minimum absolute atomic E-state index is 0.0306. The summed E-state index contributed by atoms with van der Waals surface area (Å²) in [5.74, 6) is -0.280. The van der Waals surface area contributed by atoms with Crippen LogP contribution in [-0.2, 0) is 16.2 Å². The lowest BCUT2D eigenvalue weighted by molar-refractivity contribution is -0.384. The van der Waals surface area contributed by atoms with Gasteiger partial charge in [0.1, 0.15) is 18.9 Å². The standard InChI is InChI=1S/C27H23N3O6S/c31-25(28-12-3-4-13-28)16-29-26(32)24(37-27(29)33)15-22-21-9-2-1-7-19(21)10-11-23(22)36-17-18-6-5-8-20(14-18)30(34)35/h1-2,5-11,14-15H,3-4,12-13,16-17H2/b24-15+. The lowest BCUT2D eigenvalue weighted by Crippen LogP contribution is -2.40. The fraction of sp³-hybridized carbons (Fsp3) is 0.222. The maximum absolute atomic E-state index is 13.1. The van der Waals surface area contributed by atoms with Crippen molar-refractivity contribution in [3.63, 3.8) is 0 Å². The number of non-ortho nitro benzene ring substituents is 1. The first-order valence-corrected chi connectivity index (χ1v) is 12.6. The summed E-state index contributed by atoms with van der Waals surface area (Å²) in [5, 5.41) is 12.4. The number of fused-ring (bicyclic) bond motifs is 1. The molecule has 2 aliphatic rings. The highest BCUT2D eigenvalue weighted by molar-refractivity contribution is 8.18. The Morgan fingerprint density at radius 3 is 2.62 bits per heavy atom. The number of likely N-dealkylation sites (tertiary alicyclic amines) is 1. The third-order valence-electron chi connectivity index (χ3n) is 6.35.